The highest BCUT2D eigenvalue weighted by Crippen LogP contribution is 2.33. The minimum Gasteiger partial charge on any atom is -0.478 e. The molecular formula is C23H25N3O2. The molecule has 1 aliphatic heterocycles. The Bertz CT molecular complexity index is 1030. The molecule has 2 atom stereocenters. The second-order valence-electron chi connectivity index (χ2n) is 7.30. The highest BCUT2D eigenvalue weighted by Gasteiger charge is 2.26. The fourth-order valence-corrected chi connectivity index (χ4v) is 3.62. The maximum atomic E-state index is 11.9. The molecule has 3 aromatic rings. The van der Waals surface area contributed by atoms with Gasteiger partial charge in [-0.1, -0.05) is 31.2 Å². The minimum atomic E-state index is -0.419. The summed E-state index contributed by atoms with van der Waals surface area (Å²) in [4.78, 5) is 16.6. The van der Waals surface area contributed by atoms with Gasteiger partial charge in [-0.25, -0.2) is 0 Å². The molecule has 1 aromatic heterocycles. The molecule has 28 heavy (non-hydrogen) atoms. The van der Waals surface area contributed by atoms with Crippen LogP contribution in [-0.4, -0.2) is 17.0 Å². The summed E-state index contributed by atoms with van der Waals surface area (Å²) < 4.78 is 5.87. The number of ether oxygens (including phenoxy) is 1. The van der Waals surface area contributed by atoms with E-state index in [2.05, 4.69) is 40.7 Å². The van der Waals surface area contributed by atoms with Crippen molar-refractivity contribution in [3.63, 3.8) is 0 Å². The quantitative estimate of drug-likeness (QED) is 0.689. The molecule has 4 rings (SSSR count). The van der Waals surface area contributed by atoms with Crippen molar-refractivity contribution in [2.24, 2.45) is 0 Å². The zero-order chi connectivity index (χ0) is 19.7. The Morgan fingerprint density at radius 3 is 2.86 bits per heavy atom. The standard InChI is InChI=1S/C23H25N3O2/c1-4-21-23(27)26-20-10-9-16(12-22(20)28-21)15(3)24-13-17-11-14(2)25-19-8-6-5-7-18(17)19/h5-12,15,21,24H,4,13H2,1-3H3,(H,26,27). The first-order valence-corrected chi connectivity index (χ1v) is 9.75. The highest BCUT2D eigenvalue weighted by molar-refractivity contribution is 5.97. The summed E-state index contributed by atoms with van der Waals surface area (Å²) >= 11 is 0. The molecule has 0 spiro atoms. The molecule has 1 amide bonds. The molecule has 144 valence electrons. The Labute approximate surface area is 165 Å². The number of hydrogen-bond donors (Lipinski definition) is 2. The summed E-state index contributed by atoms with van der Waals surface area (Å²) in [6, 6.07) is 16.5. The van der Waals surface area contributed by atoms with E-state index in [0.29, 0.717) is 6.42 Å². The summed E-state index contributed by atoms with van der Waals surface area (Å²) in [5, 5.41) is 7.70. The molecular weight excluding hydrogens is 350 g/mol. The van der Waals surface area contributed by atoms with Gasteiger partial charge in [-0.3, -0.25) is 9.78 Å². The van der Waals surface area contributed by atoms with Gasteiger partial charge in [0.1, 0.15) is 5.75 Å². The summed E-state index contributed by atoms with van der Waals surface area (Å²) in [7, 11) is 0. The number of pyridine rings is 1. The topological polar surface area (TPSA) is 63.2 Å². The van der Waals surface area contributed by atoms with Crippen molar-refractivity contribution < 1.29 is 9.53 Å². The van der Waals surface area contributed by atoms with Gasteiger partial charge in [0, 0.05) is 23.7 Å². The van der Waals surface area contributed by atoms with Gasteiger partial charge in [0.2, 0.25) is 0 Å². The molecule has 0 radical (unpaired) electrons. The zero-order valence-electron chi connectivity index (χ0n) is 16.5. The lowest BCUT2D eigenvalue weighted by Gasteiger charge is -2.26. The molecule has 2 aromatic carbocycles. The number of amides is 1. The average Bonchev–Trinajstić information content (AvgIpc) is 2.70. The molecule has 0 saturated heterocycles. The average molecular weight is 375 g/mol. The third kappa shape index (κ3) is 3.58. The van der Waals surface area contributed by atoms with Crippen molar-refractivity contribution in [3.8, 4) is 5.75 Å². The van der Waals surface area contributed by atoms with E-state index < -0.39 is 6.10 Å². The van der Waals surface area contributed by atoms with Crippen LogP contribution >= 0.6 is 0 Å². The number of anilines is 1. The van der Waals surface area contributed by atoms with Crippen LogP contribution in [0, 0.1) is 6.92 Å². The summed E-state index contributed by atoms with van der Waals surface area (Å²) in [5.41, 5.74) is 5.14. The molecule has 5 heteroatoms. The van der Waals surface area contributed by atoms with Gasteiger partial charge in [0.05, 0.1) is 11.2 Å². The number of nitrogens with one attached hydrogen (secondary N) is 2. The first-order chi connectivity index (χ1) is 13.5. The Morgan fingerprint density at radius 2 is 2.04 bits per heavy atom. The second-order valence-corrected chi connectivity index (χ2v) is 7.30. The highest BCUT2D eigenvalue weighted by atomic mass is 16.5. The lowest BCUT2D eigenvalue weighted by Crippen LogP contribution is -2.36. The van der Waals surface area contributed by atoms with Gasteiger partial charge < -0.3 is 15.4 Å². The van der Waals surface area contributed by atoms with Crippen LogP contribution in [0.3, 0.4) is 0 Å². The molecule has 2 unspecified atom stereocenters. The number of rotatable bonds is 5. The van der Waals surface area contributed by atoms with Crippen LogP contribution in [0.15, 0.2) is 48.5 Å². The van der Waals surface area contributed by atoms with Crippen molar-refractivity contribution in [2.45, 2.75) is 45.9 Å². The molecule has 0 fully saturated rings. The third-order valence-electron chi connectivity index (χ3n) is 5.22. The van der Waals surface area contributed by atoms with Crippen LogP contribution in [0.1, 0.15) is 43.1 Å². The maximum absolute atomic E-state index is 11.9. The van der Waals surface area contributed by atoms with Gasteiger partial charge in [-0.15, -0.1) is 0 Å². The van der Waals surface area contributed by atoms with Crippen LogP contribution < -0.4 is 15.4 Å². The Morgan fingerprint density at radius 1 is 1.21 bits per heavy atom. The lowest BCUT2D eigenvalue weighted by atomic mass is 10.0. The number of carbonyl (C=O) groups is 1. The van der Waals surface area contributed by atoms with E-state index in [4.69, 9.17) is 4.74 Å². The summed E-state index contributed by atoms with van der Waals surface area (Å²) in [6.07, 6.45) is 0.231. The van der Waals surface area contributed by atoms with Gasteiger partial charge in [-0.05, 0) is 55.7 Å². The van der Waals surface area contributed by atoms with Crippen molar-refractivity contribution >= 4 is 22.5 Å². The number of fused-ring (bicyclic) bond motifs is 2. The second kappa shape index (κ2) is 7.60. The van der Waals surface area contributed by atoms with Crippen molar-refractivity contribution in [1.29, 1.82) is 0 Å². The van der Waals surface area contributed by atoms with Gasteiger partial charge in [-0.2, -0.15) is 0 Å². The predicted molar refractivity (Wildman–Crippen MR) is 112 cm³/mol. The first kappa shape index (κ1) is 18.4. The number of aryl methyl sites for hydroxylation is 1. The van der Waals surface area contributed by atoms with Crippen molar-refractivity contribution in [1.82, 2.24) is 10.3 Å². The summed E-state index contributed by atoms with van der Waals surface area (Å²) in [6.45, 7) is 6.86. The third-order valence-corrected chi connectivity index (χ3v) is 5.22. The summed E-state index contributed by atoms with van der Waals surface area (Å²) in [5.74, 6) is 0.664. The van der Waals surface area contributed by atoms with E-state index in [1.54, 1.807) is 0 Å². The maximum Gasteiger partial charge on any atom is 0.265 e. The lowest BCUT2D eigenvalue weighted by molar-refractivity contribution is -0.123. The normalized spacial score (nSPS) is 17.0. The Hall–Kier alpha value is -2.92. The van der Waals surface area contributed by atoms with Crippen LogP contribution in [0.25, 0.3) is 10.9 Å². The van der Waals surface area contributed by atoms with Gasteiger partial charge in [0.15, 0.2) is 6.10 Å². The molecule has 1 aliphatic rings. The number of carbonyl (C=O) groups excluding carboxylic acids is 1. The fourth-order valence-electron chi connectivity index (χ4n) is 3.62. The van der Waals surface area contributed by atoms with E-state index in [1.165, 1.54) is 10.9 Å². The van der Waals surface area contributed by atoms with Crippen molar-refractivity contribution in [2.75, 3.05) is 5.32 Å². The van der Waals surface area contributed by atoms with Crippen molar-refractivity contribution in [3.05, 3.63) is 65.4 Å². The van der Waals surface area contributed by atoms with E-state index >= 15 is 0 Å². The van der Waals surface area contributed by atoms with E-state index in [1.807, 2.05) is 44.2 Å². The first-order valence-electron chi connectivity index (χ1n) is 9.75. The molecule has 2 heterocycles. The van der Waals surface area contributed by atoms with Gasteiger partial charge >= 0.3 is 0 Å². The molecule has 0 saturated carbocycles. The smallest absolute Gasteiger partial charge is 0.265 e. The van der Waals surface area contributed by atoms with E-state index in [0.717, 1.165) is 34.8 Å². The van der Waals surface area contributed by atoms with Crippen LogP contribution in [-0.2, 0) is 11.3 Å². The van der Waals surface area contributed by atoms with E-state index in [9.17, 15) is 4.79 Å². The number of benzene rings is 2. The molecule has 0 bridgehead atoms. The Kier molecular flexibility index (Phi) is 5.01. The number of hydrogen-bond acceptors (Lipinski definition) is 4. The van der Waals surface area contributed by atoms with Crippen LogP contribution in [0.2, 0.25) is 0 Å². The Balaban J connectivity index is 1.52. The predicted octanol–water partition coefficient (Wildman–Crippen LogP) is 4.50. The fraction of sp³-hybridized carbons (Fsp3) is 0.304. The van der Waals surface area contributed by atoms with Gasteiger partial charge in [0.25, 0.3) is 5.91 Å². The number of aromatic nitrogens is 1. The monoisotopic (exact) mass is 375 g/mol. The SMILES string of the molecule is CCC1Oc2cc(C(C)NCc3cc(C)nc4ccccc34)ccc2NC1=O. The molecule has 0 aliphatic carbocycles. The molecule has 2 N–H and O–H groups in total. The number of nitrogens with zero attached hydrogens (tertiary/aromatic N) is 1. The minimum absolute atomic E-state index is 0.0751. The van der Waals surface area contributed by atoms with Crippen LogP contribution in [0.4, 0.5) is 5.69 Å². The largest absolute Gasteiger partial charge is 0.478 e. The van der Waals surface area contributed by atoms with Crippen LogP contribution in [0.5, 0.6) is 5.75 Å². The number of para-hydroxylation sites is 1. The zero-order valence-corrected chi connectivity index (χ0v) is 16.5. The van der Waals surface area contributed by atoms with E-state index in [-0.39, 0.29) is 11.9 Å². The molecule has 5 nitrogen and oxygen atoms in total.